The molecule has 4 saturated carbocycles. The molecule has 476 valence electrons. The minimum absolute atomic E-state index is 0.0132. The van der Waals surface area contributed by atoms with Gasteiger partial charge in [-0.2, -0.15) is 0 Å². The summed E-state index contributed by atoms with van der Waals surface area (Å²) in [5, 5.41) is 16.0. The van der Waals surface area contributed by atoms with Crippen molar-refractivity contribution in [2.24, 2.45) is 10.8 Å². The van der Waals surface area contributed by atoms with Gasteiger partial charge in [-0.15, -0.1) is 11.3 Å². The highest BCUT2D eigenvalue weighted by Gasteiger charge is 2.75. The van der Waals surface area contributed by atoms with E-state index < -0.39 is 63.1 Å². The number of anilines is 1. The Hall–Kier alpha value is -5.58. The van der Waals surface area contributed by atoms with Gasteiger partial charge in [-0.3, -0.25) is 33.7 Å². The van der Waals surface area contributed by atoms with Gasteiger partial charge in [0.1, 0.15) is 29.9 Å². The van der Waals surface area contributed by atoms with Crippen LogP contribution in [0, 0.1) is 23.6 Å². The van der Waals surface area contributed by atoms with Gasteiger partial charge in [0.15, 0.2) is 0 Å². The summed E-state index contributed by atoms with van der Waals surface area (Å²) >= 11 is 14.6. The molecule has 1 unspecified atom stereocenters. The predicted molar refractivity (Wildman–Crippen MR) is 335 cm³/mol. The Kier molecular flexibility index (Phi) is 20.7. The molecule has 2 bridgehead atoms. The summed E-state index contributed by atoms with van der Waals surface area (Å²) in [6.07, 6.45) is 8.90. The molecule has 4 heterocycles. The Labute approximate surface area is 529 Å². The smallest absolute Gasteiger partial charge is 0.246 e. The fraction of sp³-hybridized carbons (Fsp3) is 0.591. The lowest BCUT2D eigenvalue weighted by atomic mass is 9.55. The molecular formula is C66H85Cl2FN8O10S. The summed E-state index contributed by atoms with van der Waals surface area (Å²) in [5.41, 5.74) is 2.51. The van der Waals surface area contributed by atoms with E-state index in [1.807, 2.05) is 70.5 Å². The van der Waals surface area contributed by atoms with Crippen molar-refractivity contribution in [3.8, 4) is 10.4 Å². The Morgan fingerprint density at radius 1 is 0.818 bits per heavy atom. The van der Waals surface area contributed by atoms with Gasteiger partial charge in [0, 0.05) is 52.8 Å². The SMILES string of the molecule is CCN1[C@@H](C(=O)NC23CCC(C(=O)NCCOCCOCCOCCOCC(=O)NC(C(=O)N4CCC[C@H]4C(=O)NCc4ccc(-c5scnc5C)cc4)C(C)(C)C)(CC2)CC3)[C@H](c2cccc(Cl)c2F)[C@]2(C(=O)Nc3cc(Cl)ccc32)C12CCCCC2. The van der Waals surface area contributed by atoms with Crippen LogP contribution < -0.4 is 26.6 Å². The summed E-state index contributed by atoms with van der Waals surface area (Å²) < 4.78 is 39.4. The van der Waals surface area contributed by atoms with Crippen molar-refractivity contribution in [3.05, 3.63) is 104 Å². The number of thiazole rings is 1. The van der Waals surface area contributed by atoms with Crippen molar-refractivity contribution < 1.29 is 52.1 Å². The molecule has 5 atom stereocenters. The number of likely N-dealkylation sites (N-methyl/N-ethyl adjacent to an activating group) is 1. The Bertz CT molecular complexity index is 3170. The maximum Gasteiger partial charge on any atom is 0.246 e. The highest BCUT2D eigenvalue weighted by molar-refractivity contribution is 7.13. The number of benzene rings is 3. The molecule has 4 aliphatic carbocycles. The van der Waals surface area contributed by atoms with Crippen LogP contribution in [-0.2, 0) is 59.7 Å². The Morgan fingerprint density at radius 3 is 2.14 bits per heavy atom. The number of hydrogen-bond acceptors (Lipinski definition) is 13. The van der Waals surface area contributed by atoms with Crippen LogP contribution in [0.15, 0.2) is 66.2 Å². The zero-order chi connectivity index (χ0) is 62.4. The zero-order valence-electron chi connectivity index (χ0n) is 51.3. The monoisotopic (exact) mass is 1270 g/mol. The van der Waals surface area contributed by atoms with Crippen LogP contribution >= 0.6 is 34.5 Å². The number of carbonyl (C=O) groups excluding carboxylic acids is 6. The van der Waals surface area contributed by atoms with Crippen LogP contribution in [-0.4, -0.2) is 152 Å². The Balaban J connectivity index is 0.611. The molecule has 6 fully saturated rings. The van der Waals surface area contributed by atoms with Gasteiger partial charge < -0.3 is 50.4 Å². The summed E-state index contributed by atoms with van der Waals surface area (Å²) in [6, 6.07) is 15.9. The quantitative estimate of drug-likeness (QED) is 0.0393. The van der Waals surface area contributed by atoms with Gasteiger partial charge in [0.2, 0.25) is 35.4 Å². The number of amides is 6. The molecule has 18 nitrogen and oxygen atoms in total. The van der Waals surface area contributed by atoms with Gasteiger partial charge in [-0.05, 0) is 124 Å². The zero-order valence-corrected chi connectivity index (χ0v) is 53.6. The summed E-state index contributed by atoms with van der Waals surface area (Å²) in [5.74, 6) is -3.02. The number of nitrogens with zero attached hydrogens (tertiary/aromatic N) is 3. The third-order valence-corrected chi connectivity index (χ3v) is 21.2. The fourth-order valence-electron chi connectivity index (χ4n) is 15.3. The molecule has 6 amide bonds. The second-order valence-electron chi connectivity index (χ2n) is 25.8. The van der Waals surface area contributed by atoms with Gasteiger partial charge in [0.25, 0.3) is 0 Å². The van der Waals surface area contributed by atoms with Gasteiger partial charge in [0.05, 0.1) is 73.4 Å². The number of nitrogens with one attached hydrogen (secondary N) is 5. The topological polar surface area (TPSA) is 219 Å². The molecule has 11 rings (SSSR count). The number of aryl methyl sites for hydroxylation is 1. The maximum atomic E-state index is 16.7. The fourth-order valence-corrected chi connectivity index (χ4v) is 16.5. The summed E-state index contributed by atoms with van der Waals surface area (Å²) in [6.45, 7) is 12.9. The van der Waals surface area contributed by atoms with E-state index in [4.69, 9.17) is 42.1 Å². The molecule has 3 aromatic carbocycles. The molecule has 1 aromatic heterocycles. The minimum atomic E-state index is -1.32. The lowest BCUT2D eigenvalue weighted by molar-refractivity contribution is -0.144. The first-order chi connectivity index (χ1) is 42.3. The normalized spacial score (nSPS) is 25.0. The molecule has 5 N–H and O–H groups in total. The van der Waals surface area contributed by atoms with E-state index in [9.17, 15) is 19.2 Å². The average molecular weight is 1270 g/mol. The number of aromatic nitrogens is 1. The highest BCUT2D eigenvalue weighted by atomic mass is 35.5. The van der Waals surface area contributed by atoms with E-state index in [0.29, 0.717) is 134 Å². The Morgan fingerprint density at radius 2 is 1.49 bits per heavy atom. The first kappa shape index (κ1) is 65.4. The molecular weight excluding hydrogens is 1190 g/mol. The van der Waals surface area contributed by atoms with Crippen molar-refractivity contribution in [3.63, 3.8) is 0 Å². The van der Waals surface area contributed by atoms with Crippen molar-refractivity contribution in [2.45, 2.75) is 165 Å². The molecule has 2 saturated heterocycles. The van der Waals surface area contributed by atoms with Crippen molar-refractivity contribution >= 4 is 75.7 Å². The number of hydrogen-bond donors (Lipinski definition) is 5. The van der Waals surface area contributed by atoms with Crippen molar-refractivity contribution in [1.29, 1.82) is 0 Å². The number of ether oxygens (including phenoxy) is 4. The first-order valence-electron chi connectivity index (χ1n) is 31.4. The maximum absolute atomic E-state index is 16.7. The largest absolute Gasteiger partial charge is 0.377 e. The lowest BCUT2D eigenvalue weighted by Crippen LogP contribution is -2.63. The van der Waals surface area contributed by atoms with E-state index in [1.54, 1.807) is 40.5 Å². The molecule has 2 spiro atoms. The highest BCUT2D eigenvalue weighted by Crippen LogP contribution is 2.67. The number of carbonyl (C=O) groups is 6. The van der Waals surface area contributed by atoms with Crippen LogP contribution in [0.2, 0.25) is 10.0 Å². The van der Waals surface area contributed by atoms with E-state index in [2.05, 4.69) is 36.5 Å². The van der Waals surface area contributed by atoms with Crippen molar-refractivity contribution in [2.75, 3.05) is 77.8 Å². The van der Waals surface area contributed by atoms with Gasteiger partial charge >= 0.3 is 0 Å². The second kappa shape index (κ2) is 27.9. The van der Waals surface area contributed by atoms with E-state index in [-0.39, 0.29) is 59.9 Å². The van der Waals surface area contributed by atoms with Gasteiger partial charge in [-0.1, -0.05) is 113 Å². The van der Waals surface area contributed by atoms with Crippen LogP contribution in [0.25, 0.3) is 10.4 Å². The number of halogens is 3. The van der Waals surface area contributed by atoms with Crippen LogP contribution in [0.4, 0.5) is 10.1 Å². The number of likely N-dealkylation sites (tertiary alicyclic amines) is 2. The molecule has 88 heavy (non-hydrogen) atoms. The van der Waals surface area contributed by atoms with Crippen molar-refractivity contribution in [1.82, 2.24) is 36.1 Å². The third-order valence-electron chi connectivity index (χ3n) is 19.7. The van der Waals surface area contributed by atoms with E-state index in [0.717, 1.165) is 46.5 Å². The van der Waals surface area contributed by atoms with E-state index >= 15 is 14.0 Å². The minimum Gasteiger partial charge on any atom is -0.377 e. The molecule has 3 aliphatic heterocycles. The molecule has 7 aliphatic rings. The van der Waals surface area contributed by atoms with Crippen LogP contribution in [0.3, 0.4) is 0 Å². The number of fused-ring (bicyclic) bond motifs is 6. The molecule has 22 heteroatoms. The lowest BCUT2D eigenvalue weighted by Gasteiger charge is -2.53. The van der Waals surface area contributed by atoms with Crippen LogP contribution in [0.5, 0.6) is 0 Å². The predicted octanol–water partition coefficient (Wildman–Crippen LogP) is 9.18. The summed E-state index contributed by atoms with van der Waals surface area (Å²) in [4.78, 5) is 94.1. The van der Waals surface area contributed by atoms with Gasteiger partial charge in [-0.25, -0.2) is 9.37 Å². The number of rotatable bonds is 25. The first-order valence-corrected chi connectivity index (χ1v) is 33.0. The average Bonchev–Trinajstić information content (AvgIpc) is 1.66. The molecule has 0 radical (unpaired) electrons. The third kappa shape index (κ3) is 13.1. The van der Waals surface area contributed by atoms with E-state index in [1.165, 1.54) is 6.07 Å². The van der Waals surface area contributed by atoms with Crippen LogP contribution in [0.1, 0.15) is 139 Å². The standard InChI is InChI=1S/C66H85Cl2FN8O10S/c1-6-77-54(52(46-12-10-13-48(68)53(46)69)66(65(77)21-8-7-9-22-65)47-20-19-45(67)38-49(47)73-61(66)83)58(80)75-64-26-23-63(24-27-64,25-28-64)60(82)70-29-31-84-32-33-85-34-35-86-36-37-87-40-51(78)74-56(62(3,4)5)59(81)76-30-11-14-50(76)57(79)71-39-43-15-17-44(18-16-43)55-42(2)72-41-88-55/h10,12-13,15-20,38,41,50,52,54,56H,6-9,11,14,21-37,39-40H2,1-5H3,(H,70,82)(H,71,79)(H,73,83)(H,74,78)(H,75,80)/t50-,52-,54+,56?,63?,64?,66+/m0/s1. The molecule has 4 aromatic rings. The second-order valence-corrected chi connectivity index (χ2v) is 27.5. The summed E-state index contributed by atoms with van der Waals surface area (Å²) in [7, 11) is 0.